The minimum atomic E-state index is 0.0393. The average molecular weight is 297 g/mol. The predicted octanol–water partition coefficient (Wildman–Crippen LogP) is 2.03. The van der Waals surface area contributed by atoms with Crippen molar-refractivity contribution in [2.45, 2.75) is 6.54 Å². The van der Waals surface area contributed by atoms with Crippen molar-refractivity contribution >= 4 is 12.0 Å². The molecule has 1 amide bonds. The van der Waals surface area contributed by atoms with Gasteiger partial charge in [0.05, 0.1) is 6.26 Å². The van der Waals surface area contributed by atoms with Crippen LogP contribution in [0.15, 0.2) is 53.4 Å². The van der Waals surface area contributed by atoms with Gasteiger partial charge in [-0.1, -0.05) is 6.07 Å². The Morgan fingerprint density at radius 1 is 1.23 bits per heavy atom. The minimum Gasteiger partial charge on any atom is -0.465 e. The summed E-state index contributed by atoms with van der Waals surface area (Å²) in [6.07, 6.45) is 8.57. The van der Waals surface area contributed by atoms with E-state index >= 15 is 0 Å². The Bertz CT molecular complexity index is 615. The lowest BCUT2D eigenvalue weighted by Gasteiger charge is -2.34. The number of carbonyl (C=O) groups is 1. The maximum atomic E-state index is 12.1. The molecule has 0 atom stereocenters. The molecule has 1 saturated heterocycles. The van der Waals surface area contributed by atoms with Gasteiger partial charge in [-0.3, -0.25) is 14.7 Å². The summed E-state index contributed by atoms with van der Waals surface area (Å²) >= 11 is 0. The summed E-state index contributed by atoms with van der Waals surface area (Å²) in [6.45, 7) is 4.16. The Hall–Kier alpha value is -2.40. The standard InChI is InChI=1S/C17H19N3O2/c21-17(6-5-16-4-2-12-22-16)20-10-8-19(9-11-20)14-15-3-1-7-18-13-15/h1-7,12-13H,8-11,14H2/b6-5+. The number of carbonyl (C=O) groups excluding carboxylic acids is 1. The predicted molar refractivity (Wildman–Crippen MR) is 83.8 cm³/mol. The summed E-state index contributed by atoms with van der Waals surface area (Å²) in [5.74, 6) is 0.737. The SMILES string of the molecule is O=C(/C=C/c1ccco1)N1CCN(Cc2cccnc2)CC1. The molecule has 1 aliphatic rings. The van der Waals surface area contributed by atoms with E-state index in [0.717, 1.165) is 32.7 Å². The fourth-order valence-corrected chi connectivity index (χ4v) is 2.52. The monoisotopic (exact) mass is 297 g/mol. The molecule has 0 N–H and O–H groups in total. The lowest BCUT2D eigenvalue weighted by molar-refractivity contribution is -0.127. The molecule has 5 nitrogen and oxygen atoms in total. The van der Waals surface area contributed by atoms with Gasteiger partial charge in [0.2, 0.25) is 5.91 Å². The zero-order valence-corrected chi connectivity index (χ0v) is 12.4. The number of rotatable bonds is 4. The lowest BCUT2D eigenvalue weighted by atomic mass is 10.2. The topological polar surface area (TPSA) is 49.6 Å². The second-order valence-corrected chi connectivity index (χ2v) is 5.31. The highest BCUT2D eigenvalue weighted by atomic mass is 16.3. The molecule has 2 aromatic rings. The molecular formula is C17H19N3O2. The Kier molecular flexibility index (Phi) is 4.65. The van der Waals surface area contributed by atoms with E-state index in [1.54, 1.807) is 30.7 Å². The molecule has 114 valence electrons. The molecule has 3 rings (SSSR count). The van der Waals surface area contributed by atoms with E-state index < -0.39 is 0 Å². The third-order valence-corrected chi connectivity index (χ3v) is 3.75. The van der Waals surface area contributed by atoms with E-state index in [2.05, 4.69) is 16.0 Å². The van der Waals surface area contributed by atoms with Crippen LogP contribution in [-0.2, 0) is 11.3 Å². The van der Waals surface area contributed by atoms with E-state index in [0.29, 0.717) is 5.76 Å². The molecule has 0 unspecified atom stereocenters. The van der Waals surface area contributed by atoms with Crippen LogP contribution in [0.1, 0.15) is 11.3 Å². The van der Waals surface area contributed by atoms with Gasteiger partial charge in [-0.25, -0.2) is 0 Å². The van der Waals surface area contributed by atoms with Gasteiger partial charge < -0.3 is 9.32 Å². The third-order valence-electron chi connectivity index (χ3n) is 3.75. The number of amides is 1. The molecule has 0 saturated carbocycles. The summed E-state index contributed by atoms with van der Waals surface area (Å²) < 4.78 is 5.18. The first-order valence-corrected chi connectivity index (χ1v) is 7.43. The van der Waals surface area contributed by atoms with Gasteiger partial charge in [0.15, 0.2) is 0 Å². The number of hydrogen-bond donors (Lipinski definition) is 0. The van der Waals surface area contributed by atoms with Crippen molar-refractivity contribution in [1.29, 1.82) is 0 Å². The van der Waals surface area contributed by atoms with Crippen LogP contribution in [-0.4, -0.2) is 46.9 Å². The first-order chi connectivity index (χ1) is 10.8. The average Bonchev–Trinajstić information content (AvgIpc) is 3.08. The van der Waals surface area contributed by atoms with Crippen molar-refractivity contribution < 1.29 is 9.21 Å². The van der Waals surface area contributed by atoms with E-state index in [1.165, 1.54) is 5.56 Å². The molecule has 1 aliphatic heterocycles. The fraction of sp³-hybridized carbons (Fsp3) is 0.294. The molecular weight excluding hydrogens is 278 g/mol. The third kappa shape index (κ3) is 3.83. The van der Waals surface area contributed by atoms with Crippen LogP contribution in [0, 0.1) is 0 Å². The fourth-order valence-electron chi connectivity index (χ4n) is 2.52. The van der Waals surface area contributed by atoms with Crippen LogP contribution in [0.4, 0.5) is 0 Å². The molecule has 5 heteroatoms. The number of aromatic nitrogens is 1. The highest BCUT2D eigenvalue weighted by molar-refractivity contribution is 5.91. The molecule has 22 heavy (non-hydrogen) atoms. The highest BCUT2D eigenvalue weighted by Crippen LogP contribution is 2.09. The molecule has 0 spiro atoms. The summed E-state index contributed by atoms with van der Waals surface area (Å²) in [5.41, 5.74) is 1.21. The second-order valence-electron chi connectivity index (χ2n) is 5.31. The maximum absolute atomic E-state index is 12.1. The first kappa shape index (κ1) is 14.5. The smallest absolute Gasteiger partial charge is 0.246 e. The number of piperazine rings is 1. The molecule has 0 bridgehead atoms. The van der Waals surface area contributed by atoms with Crippen molar-refractivity contribution in [3.05, 3.63) is 60.3 Å². The summed E-state index contributed by atoms with van der Waals surface area (Å²) in [5, 5.41) is 0. The lowest BCUT2D eigenvalue weighted by Crippen LogP contribution is -2.47. The second kappa shape index (κ2) is 7.04. The molecule has 0 aromatic carbocycles. The van der Waals surface area contributed by atoms with Gasteiger partial charge in [0, 0.05) is 51.2 Å². The Balaban J connectivity index is 1.48. The van der Waals surface area contributed by atoms with Crippen molar-refractivity contribution in [1.82, 2.24) is 14.8 Å². The minimum absolute atomic E-state index is 0.0393. The molecule has 0 radical (unpaired) electrons. The maximum Gasteiger partial charge on any atom is 0.246 e. The van der Waals surface area contributed by atoms with E-state index in [9.17, 15) is 4.79 Å². The van der Waals surface area contributed by atoms with Crippen molar-refractivity contribution in [3.8, 4) is 0 Å². The highest BCUT2D eigenvalue weighted by Gasteiger charge is 2.19. The number of hydrogen-bond acceptors (Lipinski definition) is 4. The Morgan fingerprint density at radius 3 is 2.77 bits per heavy atom. The number of furan rings is 1. The molecule has 2 aromatic heterocycles. The molecule has 3 heterocycles. The van der Waals surface area contributed by atoms with Crippen molar-refractivity contribution in [2.24, 2.45) is 0 Å². The van der Waals surface area contributed by atoms with Gasteiger partial charge in [-0.05, 0) is 29.8 Å². The molecule has 0 aliphatic carbocycles. The van der Waals surface area contributed by atoms with Crippen molar-refractivity contribution in [3.63, 3.8) is 0 Å². The zero-order valence-electron chi connectivity index (χ0n) is 12.4. The van der Waals surface area contributed by atoms with Crippen LogP contribution in [0.3, 0.4) is 0 Å². The van der Waals surface area contributed by atoms with Crippen LogP contribution in [0.5, 0.6) is 0 Å². The van der Waals surface area contributed by atoms with Crippen molar-refractivity contribution in [2.75, 3.05) is 26.2 Å². The largest absolute Gasteiger partial charge is 0.465 e. The molecule has 1 fully saturated rings. The zero-order chi connectivity index (χ0) is 15.2. The van der Waals surface area contributed by atoms with E-state index in [4.69, 9.17) is 4.42 Å². The van der Waals surface area contributed by atoms with Gasteiger partial charge in [0.1, 0.15) is 5.76 Å². The van der Waals surface area contributed by atoms with Crippen LogP contribution < -0.4 is 0 Å². The first-order valence-electron chi connectivity index (χ1n) is 7.43. The quantitative estimate of drug-likeness (QED) is 0.810. The van der Waals surface area contributed by atoms with Gasteiger partial charge in [-0.15, -0.1) is 0 Å². The number of pyridine rings is 1. The summed E-state index contributed by atoms with van der Waals surface area (Å²) in [4.78, 5) is 20.5. The van der Waals surface area contributed by atoms with Crippen LogP contribution >= 0.6 is 0 Å². The normalized spacial score (nSPS) is 16.3. The summed E-state index contributed by atoms with van der Waals surface area (Å²) in [7, 11) is 0. The van der Waals surface area contributed by atoms with Gasteiger partial charge >= 0.3 is 0 Å². The van der Waals surface area contributed by atoms with Gasteiger partial charge in [-0.2, -0.15) is 0 Å². The number of nitrogens with zero attached hydrogens (tertiary/aromatic N) is 3. The van der Waals surface area contributed by atoms with E-state index in [1.807, 2.05) is 23.2 Å². The van der Waals surface area contributed by atoms with Gasteiger partial charge in [0.25, 0.3) is 0 Å². The van der Waals surface area contributed by atoms with E-state index in [-0.39, 0.29) is 5.91 Å². The summed E-state index contributed by atoms with van der Waals surface area (Å²) in [6, 6.07) is 7.67. The van der Waals surface area contributed by atoms with Crippen LogP contribution in [0.2, 0.25) is 0 Å². The Morgan fingerprint density at radius 2 is 2.09 bits per heavy atom. The Labute approximate surface area is 129 Å². The van der Waals surface area contributed by atoms with Crippen LogP contribution in [0.25, 0.3) is 6.08 Å².